The van der Waals surface area contributed by atoms with Gasteiger partial charge in [-0.25, -0.2) is 4.98 Å². The molecule has 6 heteroatoms. The first-order valence-electron chi connectivity index (χ1n) is 8.46. The first-order chi connectivity index (χ1) is 12.2. The fourth-order valence-corrected chi connectivity index (χ4v) is 4.24. The summed E-state index contributed by atoms with van der Waals surface area (Å²) in [7, 11) is 0. The lowest BCUT2D eigenvalue weighted by molar-refractivity contribution is -0.383. The molecule has 5 nitrogen and oxygen atoms in total. The molecule has 130 valence electrons. The molecular formula is C19H21N3O2S. The van der Waals surface area contributed by atoms with Crippen LogP contribution < -0.4 is 0 Å². The number of hydrogen-bond donors (Lipinski definition) is 0. The third-order valence-corrected chi connectivity index (χ3v) is 5.48. The van der Waals surface area contributed by atoms with Crippen molar-refractivity contribution < 1.29 is 4.92 Å². The number of non-ortho nitro benzene ring substituents is 1. The minimum atomic E-state index is -0.312. The predicted octanol–water partition coefficient (Wildman–Crippen LogP) is 4.73. The number of thioether (sulfide) groups is 1. The third kappa shape index (κ3) is 3.60. The van der Waals surface area contributed by atoms with Crippen LogP contribution in [0.5, 0.6) is 0 Å². The third-order valence-electron chi connectivity index (χ3n) is 4.38. The van der Waals surface area contributed by atoms with Crippen LogP contribution in [-0.4, -0.2) is 40.2 Å². The van der Waals surface area contributed by atoms with E-state index in [0.717, 1.165) is 41.2 Å². The summed E-state index contributed by atoms with van der Waals surface area (Å²) >= 11 is 1.68. The van der Waals surface area contributed by atoms with Crippen molar-refractivity contribution in [2.75, 3.05) is 25.4 Å². The quantitative estimate of drug-likeness (QED) is 0.265. The summed E-state index contributed by atoms with van der Waals surface area (Å²) in [4.78, 5) is 19.2. The second kappa shape index (κ2) is 7.80. The summed E-state index contributed by atoms with van der Waals surface area (Å²) in [6.45, 7) is 7.27. The zero-order valence-corrected chi connectivity index (χ0v) is 15.3. The van der Waals surface area contributed by atoms with Gasteiger partial charge in [-0.2, -0.15) is 0 Å². The highest BCUT2D eigenvalue weighted by atomic mass is 32.2. The largest absolute Gasteiger partial charge is 0.303 e. The monoisotopic (exact) mass is 355 g/mol. The van der Waals surface area contributed by atoms with Gasteiger partial charge in [0.05, 0.1) is 21.3 Å². The summed E-state index contributed by atoms with van der Waals surface area (Å²) in [6, 6.07) is 13.0. The van der Waals surface area contributed by atoms with Crippen molar-refractivity contribution in [3.05, 3.63) is 52.6 Å². The average Bonchev–Trinajstić information content (AvgIpc) is 2.63. The molecule has 0 N–H and O–H groups in total. The SMILES string of the molecule is CCN(CC)CCSc1c2ccccc2nc2cccc([N+](=O)[O-])c12. The Morgan fingerprint density at radius 3 is 2.52 bits per heavy atom. The first kappa shape index (κ1) is 17.6. The highest BCUT2D eigenvalue weighted by Crippen LogP contribution is 2.38. The topological polar surface area (TPSA) is 59.3 Å². The predicted molar refractivity (Wildman–Crippen MR) is 104 cm³/mol. The van der Waals surface area contributed by atoms with Crippen LogP contribution in [0.2, 0.25) is 0 Å². The molecule has 25 heavy (non-hydrogen) atoms. The molecule has 0 bridgehead atoms. The number of nitro benzene ring substituents is 1. The number of fused-ring (bicyclic) bond motifs is 2. The van der Waals surface area contributed by atoms with Crippen LogP contribution in [0.1, 0.15) is 13.8 Å². The molecule has 0 saturated carbocycles. The van der Waals surface area contributed by atoms with Crippen molar-refractivity contribution in [2.24, 2.45) is 0 Å². The first-order valence-corrected chi connectivity index (χ1v) is 9.45. The van der Waals surface area contributed by atoms with Crippen molar-refractivity contribution in [1.29, 1.82) is 0 Å². The Kier molecular flexibility index (Phi) is 5.50. The lowest BCUT2D eigenvalue weighted by Gasteiger charge is -2.18. The standard InChI is InChI=1S/C19H21N3O2S/c1-3-21(4-2)12-13-25-19-14-8-5-6-9-15(14)20-16-10-7-11-17(18(16)19)22(23)24/h5-11H,3-4,12-13H2,1-2H3. The average molecular weight is 355 g/mol. The van der Waals surface area contributed by atoms with E-state index in [1.54, 1.807) is 23.9 Å². The Hall–Kier alpha value is -2.18. The van der Waals surface area contributed by atoms with E-state index in [1.807, 2.05) is 30.3 Å². The molecule has 2 aromatic carbocycles. The molecule has 0 amide bonds. The van der Waals surface area contributed by atoms with Gasteiger partial charge in [-0.1, -0.05) is 38.1 Å². The molecule has 0 aliphatic rings. The lowest BCUT2D eigenvalue weighted by Crippen LogP contribution is -2.25. The lowest BCUT2D eigenvalue weighted by atomic mass is 10.1. The van der Waals surface area contributed by atoms with Crippen LogP contribution in [0.3, 0.4) is 0 Å². The van der Waals surface area contributed by atoms with Crippen LogP contribution in [0.25, 0.3) is 21.8 Å². The summed E-state index contributed by atoms with van der Waals surface area (Å²) in [6.07, 6.45) is 0. The highest BCUT2D eigenvalue weighted by Gasteiger charge is 2.19. The molecule has 0 aliphatic heterocycles. The molecule has 3 aromatic rings. The van der Waals surface area contributed by atoms with Crippen molar-refractivity contribution in [2.45, 2.75) is 18.7 Å². The van der Waals surface area contributed by atoms with Crippen LogP contribution in [0.15, 0.2) is 47.4 Å². The van der Waals surface area contributed by atoms with Gasteiger partial charge in [0, 0.05) is 28.6 Å². The smallest absolute Gasteiger partial charge is 0.279 e. The number of nitro groups is 1. The molecule has 0 aliphatic carbocycles. The molecular weight excluding hydrogens is 334 g/mol. The Balaban J connectivity index is 2.12. The molecule has 0 saturated heterocycles. The Morgan fingerprint density at radius 2 is 1.80 bits per heavy atom. The number of para-hydroxylation sites is 1. The number of hydrogen-bond acceptors (Lipinski definition) is 5. The van der Waals surface area contributed by atoms with Crippen molar-refractivity contribution in [1.82, 2.24) is 9.88 Å². The maximum atomic E-state index is 11.5. The van der Waals surface area contributed by atoms with E-state index in [0.29, 0.717) is 10.9 Å². The second-order valence-electron chi connectivity index (χ2n) is 5.76. The zero-order valence-electron chi connectivity index (χ0n) is 14.4. The van der Waals surface area contributed by atoms with Gasteiger partial charge in [0.15, 0.2) is 0 Å². The van der Waals surface area contributed by atoms with Crippen LogP contribution in [0, 0.1) is 10.1 Å². The van der Waals surface area contributed by atoms with Gasteiger partial charge >= 0.3 is 0 Å². The van der Waals surface area contributed by atoms with Crippen molar-refractivity contribution >= 4 is 39.3 Å². The summed E-state index contributed by atoms with van der Waals surface area (Å²) in [5.41, 5.74) is 1.68. The van der Waals surface area contributed by atoms with Gasteiger partial charge in [-0.15, -0.1) is 11.8 Å². The molecule has 0 radical (unpaired) electrons. The van der Waals surface area contributed by atoms with Gasteiger partial charge in [-0.05, 0) is 25.2 Å². The number of pyridine rings is 1. The summed E-state index contributed by atoms with van der Waals surface area (Å²) in [5, 5.41) is 13.2. The van der Waals surface area contributed by atoms with E-state index in [4.69, 9.17) is 0 Å². The zero-order chi connectivity index (χ0) is 17.8. The van der Waals surface area contributed by atoms with E-state index in [-0.39, 0.29) is 10.6 Å². The van der Waals surface area contributed by atoms with Crippen molar-refractivity contribution in [3.8, 4) is 0 Å². The minimum Gasteiger partial charge on any atom is -0.303 e. The number of nitrogens with zero attached hydrogens (tertiary/aromatic N) is 3. The van der Waals surface area contributed by atoms with Gasteiger partial charge in [0.1, 0.15) is 0 Å². The molecule has 1 aromatic heterocycles. The van der Waals surface area contributed by atoms with Crippen LogP contribution in [-0.2, 0) is 0 Å². The molecule has 0 atom stereocenters. The van der Waals surface area contributed by atoms with Crippen LogP contribution >= 0.6 is 11.8 Å². The van der Waals surface area contributed by atoms with E-state index < -0.39 is 0 Å². The number of benzene rings is 2. The molecule has 3 rings (SSSR count). The molecule has 1 heterocycles. The second-order valence-corrected chi connectivity index (χ2v) is 6.87. The number of aromatic nitrogens is 1. The maximum absolute atomic E-state index is 11.5. The van der Waals surface area contributed by atoms with E-state index >= 15 is 0 Å². The molecule has 0 unspecified atom stereocenters. The van der Waals surface area contributed by atoms with E-state index in [1.165, 1.54) is 0 Å². The van der Waals surface area contributed by atoms with Gasteiger partial charge in [0.25, 0.3) is 5.69 Å². The Morgan fingerprint density at radius 1 is 1.08 bits per heavy atom. The minimum absolute atomic E-state index is 0.126. The summed E-state index contributed by atoms with van der Waals surface area (Å²) < 4.78 is 0. The molecule has 0 spiro atoms. The van der Waals surface area contributed by atoms with Gasteiger partial charge in [0.2, 0.25) is 0 Å². The number of rotatable bonds is 7. The Bertz CT molecular complexity index is 910. The van der Waals surface area contributed by atoms with Crippen LogP contribution in [0.4, 0.5) is 5.69 Å². The van der Waals surface area contributed by atoms with Gasteiger partial charge < -0.3 is 4.90 Å². The van der Waals surface area contributed by atoms with E-state index in [2.05, 4.69) is 23.7 Å². The summed E-state index contributed by atoms with van der Waals surface area (Å²) in [5.74, 6) is 0.886. The Labute approximate surface area is 151 Å². The fraction of sp³-hybridized carbons (Fsp3) is 0.316. The molecule has 0 fully saturated rings. The van der Waals surface area contributed by atoms with E-state index in [9.17, 15) is 10.1 Å². The fourth-order valence-electron chi connectivity index (χ4n) is 3.00. The van der Waals surface area contributed by atoms with Crippen molar-refractivity contribution in [3.63, 3.8) is 0 Å². The maximum Gasteiger partial charge on any atom is 0.279 e. The highest BCUT2D eigenvalue weighted by molar-refractivity contribution is 7.99. The normalized spacial score (nSPS) is 11.5. The van der Waals surface area contributed by atoms with Gasteiger partial charge in [-0.3, -0.25) is 10.1 Å².